The van der Waals surface area contributed by atoms with Crippen molar-refractivity contribution < 1.29 is 13.9 Å². The first-order chi connectivity index (χ1) is 10.2. The molecule has 0 atom stereocenters. The van der Waals surface area contributed by atoms with Crippen LogP contribution in [0.1, 0.15) is 18.1 Å². The topological polar surface area (TPSA) is 38.3 Å². The van der Waals surface area contributed by atoms with E-state index in [1.54, 1.807) is 18.2 Å². The van der Waals surface area contributed by atoms with Gasteiger partial charge in [-0.3, -0.25) is 4.79 Å². The number of benzene rings is 2. The predicted octanol–water partition coefficient (Wildman–Crippen LogP) is 3.08. The van der Waals surface area contributed by atoms with Crippen LogP contribution < -0.4 is 10.1 Å². The van der Waals surface area contributed by atoms with Gasteiger partial charge in [0.1, 0.15) is 11.6 Å². The van der Waals surface area contributed by atoms with Crippen LogP contribution in [0.15, 0.2) is 48.5 Å². The first-order valence-electron chi connectivity index (χ1n) is 6.91. The van der Waals surface area contributed by atoms with Crippen molar-refractivity contribution in [3.63, 3.8) is 0 Å². The Morgan fingerprint density at radius 3 is 2.52 bits per heavy atom. The molecule has 0 saturated carbocycles. The highest BCUT2D eigenvalue weighted by Crippen LogP contribution is 2.12. The number of carbonyl (C=O) groups excluding carboxylic acids is 1. The van der Waals surface area contributed by atoms with Gasteiger partial charge in [-0.15, -0.1) is 0 Å². The van der Waals surface area contributed by atoms with E-state index in [1.165, 1.54) is 6.07 Å². The van der Waals surface area contributed by atoms with Gasteiger partial charge in [-0.2, -0.15) is 0 Å². The first-order valence-corrected chi connectivity index (χ1v) is 6.91. The molecule has 0 aliphatic rings. The number of amides is 1. The van der Waals surface area contributed by atoms with Crippen LogP contribution in [0.5, 0.6) is 5.75 Å². The van der Waals surface area contributed by atoms with Crippen LogP contribution in [0.3, 0.4) is 0 Å². The van der Waals surface area contributed by atoms with E-state index in [4.69, 9.17) is 4.74 Å². The summed E-state index contributed by atoms with van der Waals surface area (Å²) in [6.07, 6.45) is 0.265. The predicted molar refractivity (Wildman–Crippen MR) is 79.6 cm³/mol. The Morgan fingerprint density at radius 1 is 1.14 bits per heavy atom. The standard InChI is InChI=1S/C17H18FNO2/c1-2-21-15-9-7-13(8-10-15)11-17(20)19-12-14-5-3-4-6-16(14)18/h3-10H,2,11-12H2,1H3,(H,19,20). The number of nitrogens with one attached hydrogen (secondary N) is 1. The third kappa shape index (κ3) is 4.60. The lowest BCUT2D eigenvalue weighted by Gasteiger charge is -2.07. The first kappa shape index (κ1) is 15.0. The number of carbonyl (C=O) groups is 1. The van der Waals surface area contributed by atoms with Crippen molar-refractivity contribution >= 4 is 5.91 Å². The van der Waals surface area contributed by atoms with Gasteiger partial charge in [-0.05, 0) is 30.7 Å². The summed E-state index contributed by atoms with van der Waals surface area (Å²) in [6.45, 7) is 2.73. The number of ether oxygens (including phenoxy) is 1. The molecule has 0 aliphatic carbocycles. The third-order valence-corrected chi connectivity index (χ3v) is 3.03. The Kier molecular flexibility index (Phi) is 5.32. The third-order valence-electron chi connectivity index (χ3n) is 3.03. The van der Waals surface area contributed by atoms with Crippen molar-refractivity contribution in [2.75, 3.05) is 6.61 Å². The molecule has 110 valence electrons. The van der Waals surface area contributed by atoms with Crippen molar-refractivity contribution in [3.8, 4) is 5.75 Å². The average Bonchev–Trinajstić information content (AvgIpc) is 2.49. The number of hydrogen-bond acceptors (Lipinski definition) is 2. The molecular formula is C17H18FNO2. The van der Waals surface area contributed by atoms with E-state index in [1.807, 2.05) is 31.2 Å². The Labute approximate surface area is 123 Å². The Bertz CT molecular complexity index is 596. The van der Waals surface area contributed by atoms with Crippen LogP contribution in [-0.4, -0.2) is 12.5 Å². The van der Waals surface area contributed by atoms with Crippen LogP contribution in [0.4, 0.5) is 4.39 Å². The maximum Gasteiger partial charge on any atom is 0.224 e. The van der Waals surface area contributed by atoms with Gasteiger partial charge in [0, 0.05) is 12.1 Å². The zero-order valence-electron chi connectivity index (χ0n) is 11.9. The summed E-state index contributed by atoms with van der Waals surface area (Å²) in [5.41, 5.74) is 1.38. The fraction of sp³-hybridized carbons (Fsp3) is 0.235. The van der Waals surface area contributed by atoms with Gasteiger partial charge >= 0.3 is 0 Å². The molecule has 3 nitrogen and oxygen atoms in total. The van der Waals surface area contributed by atoms with E-state index in [2.05, 4.69) is 5.32 Å². The molecule has 0 heterocycles. The molecule has 2 aromatic carbocycles. The summed E-state index contributed by atoms with van der Waals surface area (Å²) in [4.78, 5) is 11.8. The molecule has 1 amide bonds. The normalized spacial score (nSPS) is 10.2. The second-order valence-corrected chi connectivity index (χ2v) is 4.62. The smallest absolute Gasteiger partial charge is 0.224 e. The molecule has 0 aromatic heterocycles. The molecule has 4 heteroatoms. The zero-order chi connectivity index (χ0) is 15.1. The van der Waals surface area contributed by atoms with Gasteiger partial charge in [-0.25, -0.2) is 4.39 Å². The fourth-order valence-electron chi connectivity index (χ4n) is 1.95. The fourth-order valence-corrected chi connectivity index (χ4v) is 1.95. The summed E-state index contributed by atoms with van der Waals surface area (Å²) in [5.74, 6) is 0.342. The van der Waals surface area contributed by atoms with Crippen LogP contribution in [0.2, 0.25) is 0 Å². The van der Waals surface area contributed by atoms with Gasteiger partial charge in [0.15, 0.2) is 0 Å². The lowest BCUT2D eigenvalue weighted by atomic mass is 10.1. The quantitative estimate of drug-likeness (QED) is 0.886. The van der Waals surface area contributed by atoms with Crippen molar-refractivity contribution in [3.05, 3.63) is 65.5 Å². The highest BCUT2D eigenvalue weighted by atomic mass is 19.1. The van der Waals surface area contributed by atoms with Gasteiger partial charge in [0.25, 0.3) is 0 Å². The van der Waals surface area contributed by atoms with E-state index < -0.39 is 0 Å². The number of rotatable bonds is 6. The molecule has 21 heavy (non-hydrogen) atoms. The van der Waals surface area contributed by atoms with E-state index in [9.17, 15) is 9.18 Å². The van der Waals surface area contributed by atoms with Gasteiger partial charge in [-0.1, -0.05) is 30.3 Å². The van der Waals surface area contributed by atoms with E-state index in [0.29, 0.717) is 12.2 Å². The monoisotopic (exact) mass is 287 g/mol. The lowest BCUT2D eigenvalue weighted by molar-refractivity contribution is -0.120. The molecule has 0 saturated heterocycles. The van der Waals surface area contributed by atoms with Gasteiger partial charge in [0.2, 0.25) is 5.91 Å². The van der Waals surface area contributed by atoms with Crippen LogP contribution in [-0.2, 0) is 17.8 Å². The number of hydrogen-bond donors (Lipinski definition) is 1. The minimum Gasteiger partial charge on any atom is -0.494 e. The van der Waals surface area contributed by atoms with E-state index in [-0.39, 0.29) is 24.7 Å². The maximum absolute atomic E-state index is 13.4. The molecule has 0 radical (unpaired) electrons. The lowest BCUT2D eigenvalue weighted by Crippen LogP contribution is -2.24. The van der Waals surface area contributed by atoms with Crippen molar-refractivity contribution in [1.29, 1.82) is 0 Å². The molecule has 1 N–H and O–H groups in total. The van der Waals surface area contributed by atoms with Crippen molar-refractivity contribution in [1.82, 2.24) is 5.32 Å². The largest absolute Gasteiger partial charge is 0.494 e. The highest BCUT2D eigenvalue weighted by Gasteiger charge is 2.06. The minimum absolute atomic E-state index is 0.137. The number of halogens is 1. The van der Waals surface area contributed by atoms with E-state index in [0.717, 1.165) is 11.3 Å². The SMILES string of the molecule is CCOc1ccc(CC(=O)NCc2ccccc2F)cc1. The Hall–Kier alpha value is -2.36. The zero-order valence-corrected chi connectivity index (χ0v) is 11.9. The molecule has 0 fully saturated rings. The Morgan fingerprint density at radius 2 is 1.86 bits per heavy atom. The molecule has 0 aliphatic heterocycles. The molecule has 0 spiro atoms. The van der Waals surface area contributed by atoms with Gasteiger partial charge in [0.05, 0.1) is 13.0 Å². The second kappa shape index (κ2) is 7.43. The second-order valence-electron chi connectivity index (χ2n) is 4.62. The molecular weight excluding hydrogens is 269 g/mol. The van der Waals surface area contributed by atoms with Crippen LogP contribution in [0.25, 0.3) is 0 Å². The highest BCUT2D eigenvalue weighted by molar-refractivity contribution is 5.78. The summed E-state index contributed by atoms with van der Waals surface area (Å²) in [7, 11) is 0. The molecule has 0 bridgehead atoms. The Balaban J connectivity index is 1.85. The summed E-state index contributed by atoms with van der Waals surface area (Å²) in [6, 6.07) is 13.8. The average molecular weight is 287 g/mol. The van der Waals surface area contributed by atoms with Crippen LogP contribution >= 0.6 is 0 Å². The minimum atomic E-state index is -0.307. The van der Waals surface area contributed by atoms with Crippen LogP contribution in [0, 0.1) is 5.82 Å². The summed E-state index contributed by atoms with van der Waals surface area (Å²) >= 11 is 0. The molecule has 2 aromatic rings. The summed E-state index contributed by atoms with van der Waals surface area (Å²) in [5, 5.41) is 2.72. The van der Waals surface area contributed by atoms with Gasteiger partial charge < -0.3 is 10.1 Å². The van der Waals surface area contributed by atoms with E-state index >= 15 is 0 Å². The maximum atomic E-state index is 13.4. The molecule has 0 unspecified atom stereocenters. The summed E-state index contributed by atoms with van der Waals surface area (Å²) < 4.78 is 18.8. The molecule has 2 rings (SSSR count). The van der Waals surface area contributed by atoms with Crippen molar-refractivity contribution in [2.45, 2.75) is 19.9 Å². The van der Waals surface area contributed by atoms with Crippen molar-refractivity contribution in [2.24, 2.45) is 0 Å².